The Morgan fingerprint density at radius 2 is 2.04 bits per heavy atom. The summed E-state index contributed by atoms with van der Waals surface area (Å²) < 4.78 is 5.68. The maximum absolute atomic E-state index is 12.0. The van der Waals surface area contributed by atoms with E-state index in [1.807, 2.05) is 12.1 Å². The van der Waals surface area contributed by atoms with Crippen molar-refractivity contribution >= 4 is 17.6 Å². The summed E-state index contributed by atoms with van der Waals surface area (Å²) in [5, 5.41) is 19.4. The van der Waals surface area contributed by atoms with Crippen LogP contribution in [0.2, 0.25) is 0 Å². The number of hydrogen-bond donors (Lipinski definition) is 3. The molecule has 1 aromatic carbocycles. The Morgan fingerprint density at radius 1 is 1.28 bits per heavy atom. The van der Waals surface area contributed by atoms with Crippen molar-refractivity contribution in [1.29, 1.82) is 0 Å². The molecule has 2 heterocycles. The van der Waals surface area contributed by atoms with Gasteiger partial charge in [0.2, 0.25) is 0 Å². The van der Waals surface area contributed by atoms with Crippen molar-refractivity contribution in [2.24, 2.45) is 5.73 Å². The number of nitrogens with zero attached hydrogens (tertiary/aromatic N) is 1. The van der Waals surface area contributed by atoms with Gasteiger partial charge in [-0.2, -0.15) is 0 Å². The Bertz CT molecular complexity index is 756. The fraction of sp³-hybridized carbons (Fsp3) is 0.444. The first kappa shape index (κ1) is 17.3. The van der Waals surface area contributed by atoms with Crippen LogP contribution >= 0.6 is 0 Å². The second-order valence-electron chi connectivity index (χ2n) is 6.29. The molecule has 2 aliphatic heterocycles. The highest BCUT2D eigenvalue weighted by molar-refractivity contribution is 6.03. The first-order valence-electron chi connectivity index (χ1n) is 8.47. The number of rotatable bonds is 5. The zero-order chi connectivity index (χ0) is 18.1. The van der Waals surface area contributed by atoms with Gasteiger partial charge in [0.05, 0.1) is 17.9 Å². The minimum atomic E-state index is -1.29. The summed E-state index contributed by atoms with van der Waals surface area (Å²) in [6, 6.07) is 3.00. The minimum Gasteiger partial charge on any atom is -0.493 e. The smallest absolute Gasteiger partial charge is 0.353 e. The molecule has 1 aromatic rings. The number of carboxylic acid groups (broad SMARTS) is 2. The van der Waals surface area contributed by atoms with Crippen LogP contribution in [-0.4, -0.2) is 41.3 Å². The largest absolute Gasteiger partial charge is 0.493 e. The van der Waals surface area contributed by atoms with Gasteiger partial charge < -0.3 is 25.6 Å². The number of ether oxygens (including phenoxy) is 1. The Balaban J connectivity index is 2.19. The number of nitrogens with two attached hydrogens (primary N) is 1. The summed E-state index contributed by atoms with van der Waals surface area (Å²) in [5.74, 6) is -1.82. The highest BCUT2D eigenvalue weighted by Crippen LogP contribution is 2.42. The summed E-state index contributed by atoms with van der Waals surface area (Å²) in [5.41, 5.74) is 8.18. The molecule has 4 N–H and O–H groups in total. The van der Waals surface area contributed by atoms with Crippen LogP contribution in [0.1, 0.15) is 30.9 Å². The molecule has 0 bridgehead atoms. The molecule has 7 heteroatoms. The van der Waals surface area contributed by atoms with Gasteiger partial charge >= 0.3 is 11.9 Å². The van der Waals surface area contributed by atoms with Crippen LogP contribution in [0.5, 0.6) is 5.75 Å². The van der Waals surface area contributed by atoms with Crippen molar-refractivity contribution in [1.82, 2.24) is 0 Å². The number of aliphatic carboxylic acids is 2. The van der Waals surface area contributed by atoms with Gasteiger partial charge in [-0.05, 0) is 37.3 Å². The summed E-state index contributed by atoms with van der Waals surface area (Å²) in [6.45, 7) is 2.79. The lowest BCUT2D eigenvalue weighted by atomic mass is 9.98. The molecule has 25 heavy (non-hydrogen) atoms. The fourth-order valence-corrected chi connectivity index (χ4v) is 3.60. The van der Waals surface area contributed by atoms with Crippen molar-refractivity contribution in [3.8, 4) is 5.75 Å². The Kier molecular flexibility index (Phi) is 4.67. The van der Waals surface area contributed by atoms with E-state index in [0.717, 1.165) is 35.4 Å². The summed E-state index contributed by atoms with van der Waals surface area (Å²) in [7, 11) is 0. The van der Waals surface area contributed by atoms with Gasteiger partial charge in [-0.3, -0.25) is 0 Å². The average Bonchev–Trinajstić information content (AvgIpc) is 3.02. The molecule has 0 fully saturated rings. The molecule has 1 atom stereocenters. The van der Waals surface area contributed by atoms with Gasteiger partial charge in [0.15, 0.2) is 0 Å². The van der Waals surface area contributed by atoms with Crippen molar-refractivity contribution in [3.05, 3.63) is 34.5 Å². The van der Waals surface area contributed by atoms with Gasteiger partial charge in [-0.1, -0.05) is 13.0 Å². The van der Waals surface area contributed by atoms with Gasteiger partial charge in [0.25, 0.3) is 0 Å². The van der Waals surface area contributed by atoms with Gasteiger partial charge in [-0.15, -0.1) is 0 Å². The molecule has 0 amide bonds. The van der Waals surface area contributed by atoms with Gasteiger partial charge in [0, 0.05) is 18.2 Å². The van der Waals surface area contributed by atoms with Gasteiger partial charge in [0.1, 0.15) is 11.4 Å². The quantitative estimate of drug-likeness (QED) is 0.693. The molecule has 1 unspecified atom stereocenters. The lowest BCUT2D eigenvalue weighted by Gasteiger charge is -2.28. The van der Waals surface area contributed by atoms with E-state index in [4.69, 9.17) is 10.5 Å². The monoisotopic (exact) mass is 346 g/mol. The zero-order valence-corrected chi connectivity index (χ0v) is 14.1. The highest BCUT2D eigenvalue weighted by atomic mass is 16.5. The molecule has 134 valence electrons. The highest BCUT2D eigenvalue weighted by Gasteiger charge is 2.35. The first-order chi connectivity index (χ1) is 12.0. The Hall–Kier alpha value is -2.54. The van der Waals surface area contributed by atoms with E-state index in [1.54, 1.807) is 11.8 Å². The average molecular weight is 346 g/mol. The van der Waals surface area contributed by atoms with Crippen molar-refractivity contribution in [2.75, 3.05) is 18.1 Å². The third-order valence-electron chi connectivity index (χ3n) is 4.80. The summed E-state index contributed by atoms with van der Waals surface area (Å²) in [6.07, 6.45) is 2.64. The lowest BCUT2D eigenvalue weighted by Crippen LogP contribution is -2.36. The Labute approximate surface area is 145 Å². The molecule has 7 nitrogen and oxygen atoms in total. The summed E-state index contributed by atoms with van der Waals surface area (Å²) in [4.78, 5) is 25.3. The second-order valence-corrected chi connectivity index (χ2v) is 6.29. The van der Waals surface area contributed by atoms with E-state index in [9.17, 15) is 19.8 Å². The normalized spacial score (nSPS) is 17.9. The van der Waals surface area contributed by atoms with Gasteiger partial charge in [-0.25, -0.2) is 9.59 Å². The number of fused-ring (bicyclic) bond motifs is 3. The third-order valence-corrected chi connectivity index (χ3v) is 4.80. The predicted octanol–water partition coefficient (Wildman–Crippen LogP) is 1.53. The molecule has 3 rings (SSSR count). The molecule has 0 spiro atoms. The van der Waals surface area contributed by atoms with Crippen LogP contribution < -0.4 is 15.4 Å². The van der Waals surface area contributed by atoms with Crippen LogP contribution in [0.3, 0.4) is 0 Å². The number of carboxylic acids is 2. The van der Waals surface area contributed by atoms with Crippen molar-refractivity contribution in [3.63, 3.8) is 0 Å². The van der Waals surface area contributed by atoms with Crippen molar-refractivity contribution in [2.45, 2.75) is 38.6 Å². The molecule has 0 aromatic heterocycles. The van der Waals surface area contributed by atoms with E-state index in [-0.39, 0.29) is 11.3 Å². The number of benzene rings is 1. The SMILES string of the molecule is CCC(N)/C(C(=O)O)=C(\C(=O)O)N1CCc2ccc3c(c21)CCCO3. The van der Waals surface area contributed by atoms with E-state index in [1.165, 1.54) is 0 Å². The molecule has 0 radical (unpaired) electrons. The van der Waals surface area contributed by atoms with E-state index in [0.29, 0.717) is 26.0 Å². The Morgan fingerprint density at radius 3 is 2.68 bits per heavy atom. The van der Waals surface area contributed by atoms with E-state index in [2.05, 4.69) is 0 Å². The minimum absolute atomic E-state index is 0.237. The zero-order valence-electron chi connectivity index (χ0n) is 14.1. The summed E-state index contributed by atoms with van der Waals surface area (Å²) >= 11 is 0. The van der Waals surface area contributed by atoms with Crippen LogP contribution in [0, 0.1) is 0 Å². The molecular weight excluding hydrogens is 324 g/mol. The van der Waals surface area contributed by atoms with E-state index < -0.39 is 18.0 Å². The molecule has 0 saturated carbocycles. The standard InChI is InChI=1S/C18H22N2O5/c1-2-12(19)14(17(21)22)16(18(23)24)20-8-7-10-5-6-13-11(15(10)20)4-3-9-25-13/h5-6,12H,2-4,7-9,19H2,1H3,(H,21,22)(H,23,24)/b16-14-. The van der Waals surface area contributed by atoms with Crippen LogP contribution in [-0.2, 0) is 22.4 Å². The second kappa shape index (κ2) is 6.76. The van der Waals surface area contributed by atoms with Crippen molar-refractivity contribution < 1.29 is 24.5 Å². The number of anilines is 1. The predicted molar refractivity (Wildman–Crippen MR) is 91.9 cm³/mol. The van der Waals surface area contributed by atoms with Crippen LogP contribution in [0.25, 0.3) is 0 Å². The first-order valence-corrected chi connectivity index (χ1v) is 8.47. The third kappa shape index (κ3) is 2.95. The topological polar surface area (TPSA) is 113 Å². The molecule has 2 aliphatic rings. The fourth-order valence-electron chi connectivity index (χ4n) is 3.60. The van der Waals surface area contributed by atoms with Crippen LogP contribution in [0.4, 0.5) is 5.69 Å². The maximum Gasteiger partial charge on any atom is 0.353 e. The molecule has 0 saturated heterocycles. The molecular formula is C18H22N2O5. The number of carbonyl (C=O) groups is 2. The lowest BCUT2D eigenvalue weighted by molar-refractivity contribution is -0.136. The van der Waals surface area contributed by atoms with E-state index >= 15 is 0 Å². The molecule has 0 aliphatic carbocycles. The maximum atomic E-state index is 12.0. The number of hydrogen-bond acceptors (Lipinski definition) is 5. The van der Waals surface area contributed by atoms with Crippen LogP contribution in [0.15, 0.2) is 23.4 Å².